The molecular formula is C18H48N3O4P. The minimum atomic E-state index is -5.39. The minimum Gasteiger partial charge on any atom is -0.822 e. The van der Waals surface area contributed by atoms with Crippen molar-refractivity contribution in [3.8, 4) is 0 Å². The molecular weight excluding hydrogens is 353 g/mol. The van der Waals surface area contributed by atoms with Crippen molar-refractivity contribution in [3.05, 3.63) is 0 Å². The summed E-state index contributed by atoms with van der Waals surface area (Å²) >= 11 is 0. The van der Waals surface area contributed by atoms with Crippen LogP contribution in [-0.4, -0.2) is 19.6 Å². The summed E-state index contributed by atoms with van der Waals surface area (Å²) < 4.78 is 8.55. The third-order valence-corrected chi connectivity index (χ3v) is 3.31. The molecule has 0 radical (unpaired) electrons. The fourth-order valence-corrected chi connectivity index (χ4v) is 1.81. The number of quaternary nitrogens is 3. The van der Waals surface area contributed by atoms with Crippen LogP contribution in [0.4, 0.5) is 0 Å². The fraction of sp³-hybridized carbons (Fsp3) is 1.00. The zero-order chi connectivity index (χ0) is 21.1. The van der Waals surface area contributed by atoms with E-state index in [4.69, 9.17) is 19.2 Å². The number of hydrogen-bond acceptors (Lipinski definition) is 4. The molecule has 0 unspecified atom stereocenters. The first-order chi connectivity index (χ1) is 12.2. The predicted molar refractivity (Wildman–Crippen MR) is 103 cm³/mol. The van der Waals surface area contributed by atoms with E-state index in [0.717, 1.165) is 19.6 Å². The summed E-state index contributed by atoms with van der Waals surface area (Å²) in [7, 11) is -5.39. The van der Waals surface area contributed by atoms with E-state index in [1.807, 2.05) is 0 Å². The van der Waals surface area contributed by atoms with Gasteiger partial charge in [0.15, 0.2) is 0 Å². The Morgan fingerprint density at radius 2 is 0.731 bits per heavy atom. The van der Waals surface area contributed by atoms with E-state index in [9.17, 15) is 0 Å². The molecule has 0 saturated heterocycles. The Morgan fingerprint density at radius 3 is 0.846 bits per heavy atom. The fourth-order valence-electron chi connectivity index (χ4n) is 1.81. The Hall–Kier alpha value is -0.0100. The van der Waals surface area contributed by atoms with Crippen molar-refractivity contribution in [1.29, 1.82) is 0 Å². The molecule has 0 atom stereocenters. The molecule has 0 fully saturated rings. The monoisotopic (exact) mass is 401 g/mol. The highest BCUT2D eigenvalue weighted by atomic mass is 31.2. The number of phosphoric acid groups is 1. The van der Waals surface area contributed by atoms with E-state index >= 15 is 0 Å². The van der Waals surface area contributed by atoms with Crippen LogP contribution < -0.4 is 31.9 Å². The zero-order valence-corrected chi connectivity index (χ0v) is 18.7. The third kappa shape index (κ3) is 88.2. The van der Waals surface area contributed by atoms with Gasteiger partial charge in [-0.15, -0.1) is 0 Å². The van der Waals surface area contributed by atoms with Gasteiger partial charge >= 0.3 is 0 Å². The third-order valence-electron chi connectivity index (χ3n) is 3.31. The van der Waals surface area contributed by atoms with E-state index in [0.29, 0.717) is 0 Å². The molecule has 0 aliphatic heterocycles. The van der Waals surface area contributed by atoms with Crippen LogP contribution in [0.3, 0.4) is 0 Å². The van der Waals surface area contributed by atoms with Crippen LogP contribution in [-0.2, 0) is 4.57 Å². The molecule has 0 spiro atoms. The van der Waals surface area contributed by atoms with Gasteiger partial charge in [-0.1, -0.05) is 59.3 Å². The van der Waals surface area contributed by atoms with E-state index < -0.39 is 7.82 Å². The maximum atomic E-state index is 8.55. The van der Waals surface area contributed by atoms with Crippen LogP contribution in [0.25, 0.3) is 0 Å². The van der Waals surface area contributed by atoms with E-state index in [2.05, 4.69) is 38.0 Å². The molecule has 0 aromatic carbocycles. The predicted octanol–water partition coefficient (Wildman–Crippen LogP) is -0.399. The van der Waals surface area contributed by atoms with Crippen LogP contribution in [0.2, 0.25) is 0 Å². The Bertz CT molecular complexity index is 211. The normalized spacial score (nSPS) is 9.88. The zero-order valence-electron chi connectivity index (χ0n) is 17.8. The summed E-state index contributed by atoms with van der Waals surface area (Å²) in [5, 5.41) is 0. The smallest absolute Gasteiger partial charge is 0.0739 e. The van der Waals surface area contributed by atoms with Gasteiger partial charge in [-0.25, -0.2) is 0 Å². The van der Waals surface area contributed by atoms with Gasteiger partial charge in [0.2, 0.25) is 0 Å². The molecule has 0 rings (SSSR count). The quantitative estimate of drug-likeness (QED) is 0.299. The van der Waals surface area contributed by atoms with Crippen LogP contribution >= 0.6 is 7.82 Å². The summed E-state index contributed by atoms with van der Waals surface area (Å²) in [5.74, 6) is 0. The van der Waals surface area contributed by atoms with Crippen molar-refractivity contribution in [2.24, 2.45) is 0 Å². The summed E-state index contributed by atoms with van der Waals surface area (Å²) in [6, 6.07) is 0. The lowest BCUT2D eigenvalue weighted by Gasteiger charge is -2.36. The first-order valence-electron chi connectivity index (χ1n) is 10.4. The molecule has 9 N–H and O–H groups in total. The number of rotatable bonds is 12. The molecule has 0 amide bonds. The standard InChI is InChI=1S/3C6H15N.H3O4P/c3*1-2-3-4-5-6-7;1-5(2,3)4/h3*2-7H2,1H3;(H3,1,2,3,4). The summed E-state index contributed by atoms with van der Waals surface area (Å²) in [6.07, 6.45) is 16.2. The largest absolute Gasteiger partial charge is 0.822 e. The molecule has 0 aromatic rings. The summed E-state index contributed by atoms with van der Waals surface area (Å²) in [5.41, 5.74) is 11.3. The SMILES string of the molecule is CCCCCC[NH3+].CCCCCC[NH3+].CCCCCC[NH3+].O=P([O-])([O-])[O-]. The lowest BCUT2D eigenvalue weighted by molar-refractivity contribution is -0.432. The number of unbranched alkanes of at least 4 members (excludes halogenated alkanes) is 9. The topological polar surface area (TPSA) is 169 Å². The molecule has 7 nitrogen and oxygen atoms in total. The number of hydrogen-bond donors (Lipinski definition) is 3. The second-order valence-electron chi connectivity index (χ2n) is 6.19. The Morgan fingerprint density at radius 1 is 0.538 bits per heavy atom. The lowest BCUT2D eigenvalue weighted by Crippen LogP contribution is -2.50. The van der Waals surface area contributed by atoms with Crippen molar-refractivity contribution < 1.29 is 36.4 Å². The minimum absolute atomic E-state index is 1.11. The van der Waals surface area contributed by atoms with Gasteiger partial charge in [-0.05, 0) is 38.5 Å². The first-order valence-corrected chi connectivity index (χ1v) is 11.8. The van der Waals surface area contributed by atoms with Gasteiger partial charge in [0.25, 0.3) is 0 Å². The van der Waals surface area contributed by atoms with Gasteiger partial charge in [-0.3, -0.25) is 0 Å². The van der Waals surface area contributed by atoms with Crippen LogP contribution in [0.5, 0.6) is 0 Å². The maximum absolute atomic E-state index is 8.55. The van der Waals surface area contributed by atoms with E-state index in [1.165, 1.54) is 77.0 Å². The molecule has 0 aliphatic carbocycles. The first kappa shape index (κ1) is 33.6. The maximum Gasteiger partial charge on any atom is 0.0739 e. The Labute approximate surface area is 162 Å². The summed E-state index contributed by atoms with van der Waals surface area (Å²) in [6.45, 7) is 10.0. The second-order valence-corrected chi connectivity index (χ2v) is 7.08. The van der Waals surface area contributed by atoms with Gasteiger partial charge in [0.05, 0.1) is 19.6 Å². The molecule has 26 heavy (non-hydrogen) atoms. The highest BCUT2D eigenvalue weighted by Gasteiger charge is 1.83. The van der Waals surface area contributed by atoms with Gasteiger partial charge in [-0.2, -0.15) is 7.82 Å². The highest BCUT2D eigenvalue weighted by molar-refractivity contribution is 7.40. The van der Waals surface area contributed by atoms with E-state index in [-0.39, 0.29) is 0 Å². The molecule has 0 aliphatic rings. The van der Waals surface area contributed by atoms with Crippen molar-refractivity contribution in [2.45, 2.75) is 97.8 Å². The molecule has 0 aromatic heterocycles. The lowest BCUT2D eigenvalue weighted by atomic mass is 10.2. The Balaban J connectivity index is -0.000000125. The molecule has 164 valence electrons. The highest BCUT2D eigenvalue weighted by Crippen LogP contribution is 2.03. The van der Waals surface area contributed by atoms with Crippen LogP contribution in [0.1, 0.15) is 97.8 Å². The molecule has 8 heteroatoms. The second kappa shape index (κ2) is 32.6. The van der Waals surface area contributed by atoms with Crippen molar-refractivity contribution in [3.63, 3.8) is 0 Å². The van der Waals surface area contributed by atoms with E-state index in [1.54, 1.807) is 0 Å². The van der Waals surface area contributed by atoms with Gasteiger partial charge in [0.1, 0.15) is 0 Å². The molecule has 0 heterocycles. The molecule has 0 saturated carbocycles. The Kier molecular flexibility index (Phi) is 42.1. The van der Waals surface area contributed by atoms with Gasteiger partial charge < -0.3 is 36.4 Å². The average molecular weight is 402 g/mol. The summed E-state index contributed by atoms with van der Waals surface area (Å²) in [4.78, 5) is 25.6. The van der Waals surface area contributed by atoms with Crippen molar-refractivity contribution >= 4 is 7.82 Å². The van der Waals surface area contributed by atoms with Crippen LogP contribution in [0.15, 0.2) is 0 Å². The molecule has 0 bridgehead atoms. The average Bonchev–Trinajstić information content (AvgIpc) is 2.56. The van der Waals surface area contributed by atoms with Crippen molar-refractivity contribution in [1.82, 2.24) is 0 Å². The van der Waals surface area contributed by atoms with Gasteiger partial charge in [0, 0.05) is 0 Å². The van der Waals surface area contributed by atoms with Crippen molar-refractivity contribution in [2.75, 3.05) is 19.6 Å². The van der Waals surface area contributed by atoms with Crippen LogP contribution in [0, 0.1) is 0 Å².